The van der Waals surface area contributed by atoms with E-state index < -0.39 is 23.9 Å². The summed E-state index contributed by atoms with van der Waals surface area (Å²) in [5.41, 5.74) is -0.321. The summed E-state index contributed by atoms with van der Waals surface area (Å²) in [6.45, 7) is 5.46. The van der Waals surface area contributed by atoms with Gasteiger partial charge in [-0.15, -0.1) is 0 Å². The van der Waals surface area contributed by atoms with Gasteiger partial charge in [0.25, 0.3) is 0 Å². The fraction of sp³-hybridized carbons (Fsp3) is 0.600. The number of rotatable bonds is 6. The molecule has 0 radical (unpaired) electrons. The first kappa shape index (κ1) is 18.2. The fourth-order valence-corrected chi connectivity index (χ4v) is 1.77. The number of pyridine rings is 1. The molecule has 1 aromatic heterocycles. The maximum absolute atomic E-state index is 11.5. The average Bonchev–Trinajstić information content (AvgIpc) is 2.44. The van der Waals surface area contributed by atoms with Gasteiger partial charge in [0.05, 0.1) is 13.2 Å². The van der Waals surface area contributed by atoms with Gasteiger partial charge in [-0.3, -0.25) is 4.98 Å². The van der Waals surface area contributed by atoms with Gasteiger partial charge in [0.15, 0.2) is 0 Å². The number of methoxy groups -OCH3 is 1. The smallest absolute Gasteiger partial charge is 0.407 e. The third-order valence-electron chi connectivity index (χ3n) is 2.77. The van der Waals surface area contributed by atoms with E-state index in [1.807, 2.05) is 0 Å². The van der Waals surface area contributed by atoms with Crippen molar-refractivity contribution >= 4 is 6.09 Å². The van der Waals surface area contributed by atoms with Crippen molar-refractivity contribution in [1.29, 1.82) is 0 Å². The number of aliphatic hydroxyl groups is 2. The quantitative estimate of drug-likeness (QED) is 0.734. The maximum atomic E-state index is 11.5. The Morgan fingerprint density at radius 1 is 1.41 bits per heavy atom. The minimum absolute atomic E-state index is 0.153. The van der Waals surface area contributed by atoms with Crippen LogP contribution < -0.4 is 10.1 Å². The number of alkyl carbamates (subject to hydrolysis) is 1. The Bertz CT molecular complexity index is 487. The molecule has 7 nitrogen and oxygen atoms in total. The maximum Gasteiger partial charge on any atom is 0.407 e. The first-order chi connectivity index (χ1) is 10.2. The van der Waals surface area contributed by atoms with Crippen LogP contribution in [0.5, 0.6) is 5.75 Å². The molecule has 0 aliphatic rings. The predicted octanol–water partition coefficient (Wildman–Crippen LogP) is 1.40. The summed E-state index contributed by atoms with van der Waals surface area (Å²) in [5, 5.41) is 22.6. The molecule has 1 amide bonds. The van der Waals surface area contributed by atoms with Crippen LogP contribution in [0, 0.1) is 0 Å². The molecule has 0 aromatic carbocycles. The second-order valence-corrected chi connectivity index (χ2v) is 5.82. The summed E-state index contributed by atoms with van der Waals surface area (Å²) in [6, 6.07) is 3.32. The molecule has 2 atom stereocenters. The van der Waals surface area contributed by atoms with Gasteiger partial charge in [0, 0.05) is 12.7 Å². The Kier molecular flexibility index (Phi) is 6.58. The Labute approximate surface area is 130 Å². The van der Waals surface area contributed by atoms with E-state index in [1.54, 1.807) is 32.9 Å². The molecule has 1 aromatic rings. The lowest BCUT2D eigenvalue weighted by atomic mass is 10.1. The normalized spacial score (nSPS) is 14.1. The predicted molar refractivity (Wildman–Crippen MR) is 80.6 cm³/mol. The molecule has 124 valence electrons. The number of aromatic nitrogens is 1. The number of nitrogens with one attached hydrogen (secondary N) is 1. The molecule has 0 aliphatic heterocycles. The highest BCUT2D eigenvalue weighted by atomic mass is 16.6. The van der Waals surface area contributed by atoms with Crippen LogP contribution in [-0.2, 0) is 4.74 Å². The highest BCUT2D eigenvalue weighted by molar-refractivity contribution is 5.67. The summed E-state index contributed by atoms with van der Waals surface area (Å²) >= 11 is 0. The number of ether oxygens (including phenoxy) is 2. The lowest BCUT2D eigenvalue weighted by Crippen LogP contribution is -2.34. The fourth-order valence-electron chi connectivity index (χ4n) is 1.77. The topological polar surface area (TPSA) is 101 Å². The van der Waals surface area contributed by atoms with E-state index in [4.69, 9.17) is 9.47 Å². The lowest BCUT2D eigenvalue weighted by molar-refractivity contribution is 0.00858. The van der Waals surface area contributed by atoms with Crippen LogP contribution >= 0.6 is 0 Å². The van der Waals surface area contributed by atoms with Crippen molar-refractivity contribution in [2.24, 2.45) is 0 Å². The van der Waals surface area contributed by atoms with Crippen molar-refractivity contribution < 1.29 is 24.5 Å². The number of carbonyl (C=O) groups excluding carboxylic acids is 1. The molecule has 3 N–H and O–H groups in total. The zero-order valence-electron chi connectivity index (χ0n) is 13.4. The Hall–Kier alpha value is -1.86. The number of nitrogens with zero attached hydrogens (tertiary/aromatic N) is 1. The van der Waals surface area contributed by atoms with Crippen molar-refractivity contribution in [2.75, 3.05) is 13.7 Å². The molecular weight excluding hydrogens is 288 g/mol. The third-order valence-corrected chi connectivity index (χ3v) is 2.77. The van der Waals surface area contributed by atoms with E-state index in [0.29, 0.717) is 5.75 Å². The molecule has 0 aliphatic carbocycles. The number of aliphatic hydroxyl groups excluding tert-OH is 2. The molecule has 7 heteroatoms. The van der Waals surface area contributed by atoms with Crippen molar-refractivity contribution in [3.8, 4) is 5.75 Å². The minimum Gasteiger partial charge on any atom is -0.495 e. The van der Waals surface area contributed by atoms with Gasteiger partial charge in [0.2, 0.25) is 0 Å². The monoisotopic (exact) mass is 312 g/mol. The number of hydrogen-bond acceptors (Lipinski definition) is 6. The van der Waals surface area contributed by atoms with E-state index in [9.17, 15) is 15.0 Å². The van der Waals surface area contributed by atoms with Crippen LogP contribution in [0.25, 0.3) is 0 Å². The van der Waals surface area contributed by atoms with Gasteiger partial charge in [-0.2, -0.15) is 0 Å². The zero-order chi connectivity index (χ0) is 16.8. The highest BCUT2D eigenvalue weighted by Crippen LogP contribution is 2.25. The van der Waals surface area contributed by atoms with Crippen molar-refractivity contribution in [1.82, 2.24) is 10.3 Å². The van der Waals surface area contributed by atoms with Gasteiger partial charge in [-0.1, -0.05) is 0 Å². The van der Waals surface area contributed by atoms with E-state index in [0.717, 1.165) is 0 Å². The van der Waals surface area contributed by atoms with Crippen LogP contribution in [0.1, 0.15) is 39.0 Å². The second-order valence-electron chi connectivity index (χ2n) is 5.82. The van der Waals surface area contributed by atoms with Crippen molar-refractivity contribution in [3.63, 3.8) is 0 Å². The van der Waals surface area contributed by atoms with Crippen LogP contribution in [0.3, 0.4) is 0 Å². The summed E-state index contributed by atoms with van der Waals surface area (Å²) in [4.78, 5) is 15.5. The second kappa shape index (κ2) is 7.95. The lowest BCUT2D eigenvalue weighted by Gasteiger charge is -2.21. The first-order valence-corrected chi connectivity index (χ1v) is 7.06. The van der Waals surface area contributed by atoms with E-state index in [1.165, 1.54) is 13.3 Å². The molecular formula is C15H24N2O5. The molecule has 0 spiro atoms. The van der Waals surface area contributed by atoms with Crippen LogP contribution in [0.4, 0.5) is 4.79 Å². The molecule has 0 fully saturated rings. The third kappa shape index (κ3) is 5.87. The van der Waals surface area contributed by atoms with Crippen molar-refractivity contribution in [3.05, 3.63) is 24.0 Å². The molecule has 0 saturated carbocycles. The van der Waals surface area contributed by atoms with Crippen LogP contribution in [0.2, 0.25) is 0 Å². The number of hydrogen-bond donors (Lipinski definition) is 3. The summed E-state index contributed by atoms with van der Waals surface area (Å²) in [6.07, 6.45) is -1.19. The number of amides is 1. The van der Waals surface area contributed by atoms with E-state index >= 15 is 0 Å². The molecule has 2 unspecified atom stereocenters. The van der Waals surface area contributed by atoms with Gasteiger partial charge in [-0.25, -0.2) is 4.79 Å². The van der Waals surface area contributed by atoms with E-state index in [2.05, 4.69) is 10.3 Å². The van der Waals surface area contributed by atoms with Crippen molar-refractivity contribution in [2.45, 2.75) is 45.0 Å². The summed E-state index contributed by atoms with van der Waals surface area (Å²) < 4.78 is 10.2. The standard InChI is InChI=1S/C15H24N2O5/c1-15(2,3)22-14(20)17-9-7-10(18)13(19)12-11(21-4)6-5-8-16-12/h5-6,8,10,13,18-19H,7,9H2,1-4H3,(H,17,20). The highest BCUT2D eigenvalue weighted by Gasteiger charge is 2.23. The van der Waals surface area contributed by atoms with Gasteiger partial charge >= 0.3 is 6.09 Å². The van der Waals surface area contributed by atoms with Crippen LogP contribution in [-0.4, -0.2) is 46.6 Å². The Morgan fingerprint density at radius 3 is 2.68 bits per heavy atom. The molecule has 0 saturated heterocycles. The Morgan fingerprint density at radius 2 is 2.09 bits per heavy atom. The largest absolute Gasteiger partial charge is 0.495 e. The molecule has 22 heavy (non-hydrogen) atoms. The minimum atomic E-state index is -1.20. The summed E-state index contributed by atoms with van der Waals surface area (Å²) in [5.74, 6) is 0.397. The first-order valence-electron chi connectivity index (χ1n) is 7.06. The van der Waals surface area contributed by atoms with Crippen LogP contribution in [0.15, 0.2) is 18.3 Å². The SMILES string of the molecule is COc1cccnc1C(O)C(O)CCNC(=O)OC(C)(C)C. The van der Waals surface area contributed by atoms with Gasteiger partial charge in [0.1, 0.15) is 23.1 Å². The Balaban J connectivity index is 2.48. The van der Waals surface area contributed by atoms with Gasteiger partial charge < -0.3 is 25.0 Å². The van der Waals surface area contributed by atoms with Gasteiger partial charge in [-0.05, 0) is 39.3 Å². The number of carbonyl (C=O) groups is 1. The molecule has 1 heterocycles. The molecule has 0 bridgehead atoms. The molecule has 1 rings (SSSR count). The average molecular weight is 312 g/mol. The zero-order valence-corrected chi connectivity index (χ0v) is 13.4. The van der Waals surface area contributed by atoms with E-state index in [-0.39, 0.29) is 18.7 Å². The summed E-state index contributed by atoms with van der Waals surface area (Å²) in [7, 11) is 1.46.